The molecule has 0 aliphatic carbocycles. The molecule has 0 fully saturated rings. The summed E-state index contributed by atoms with van der Waals surface area (Å²) in [6, 6.07) is 5.45. The molecule has 0 aliphatic heterocycles. The minimum absolute atomic E-state index is 0.278. The van der Waals surface area contributed by atoms with Gasteiger partial charge in [-0.05, 0) is 18.6 Å². The molecule has 0 bridgehead atoms. The van der Waals surface area contributed by atoms with E-state index < -0.39 is 0 Å². The van der Waals surface area contributed by atoms with Gasteiger partial charge in [0.1, 0.15) is 11.2 Å². The number of anilines is 3. The number of para-hydroxylation sites is 1. The maximum atomic E-state index is 12.5. The molecule has 3 aromatic heterocycles. The third-order valence-corrected chi connectivity index (χ3v) is 5.04. The van der Waals surface area contributed by atoms with Gasteiger partial charge in [-0.15, -0.1) is 0 Å². The maximum absolute atomic E-state index is 12.5. The lowest BCUT2D eigenvalue weighted by Crippen LogP contribution is -2.11. The van der Waals surface area contributed by atoms with Crippen LogP contribution in [0.1, 0.15) is 15.2 Å². The molecule has 0 atom stereocenters. The molecular formula is C18H14ClN7OS. The van der Waals surface area contributed by atoms with E-state index in [1.165, 1.54) is 17.5 Å². The largest absolute Gasteiger partial charge is 0.320 e. The number of aromatic nitrogens is 5. The Morgan fingerprint density at radius 1 is 1.21 bits per heavy atom. The Morgan fingerprint density at radius 2 is 2.11 bits per heavy atom. The number of amides is 1. The van der Waals surface area contributed by atoms with Crippen LogP contribution in [0.5, 0.6) is 0 Å². The highest BCUT2D eigenvalue weighted by atomic mass is 35.5. The molecule has 0 saturated heterocycles. The van der Waals surface area contributed by atoms with E-state index in [2.05, 4.69) is 30.6 Å². The predicted octanol–water partition coefficient (Wildman–Crippen LogP) is 4.08. The van der Waals surface area contributed by atoms with Gasteiger partial charge < -0.3 is 10.6 Å². The highest BCUT2D eigenvalue weighted by Crippen LogP contribution is 2.27. The van der Waals surface area contributed by atoms with Gasteiger partial charge in [0.25, 0.3) is 5.91 Å². The molecule has 140 valence electrons. The summed E-state index contributed by atoms with van der Waals surface area (Å²) in [6.07, 6.45) is 9.77. The molecule has 4 aromatic rings. The Balaban J connectivity index is 1.49. The summed E-state index contributed by atoms with van der Waals surface area (Å²) in [6.45, 7) is 1.88. The first-order valence-corrected chi connectivity index (χ1v) is 9.39. The fraction of sp³-hybridized carbons (Fsp3) is 0.0556. The van der Waals surface area contributed by atoms with Crippen molar-refractivity contribution in [3.63, 3.8) is 0 Å². The summed E-state index contributed by atoms with van der Waals surface area (Å²) in [7, 11) is 0. The van der Waals surface area contributed by atoms with Crippen molar-refractivity contribution in [3.05, 3.63) is 71.0 Å². The first-order valence-electron chi connectivity index (χ1n) is 8.20. The van der Waals surface area contributed by atoms with Gasteiger partial charge in [0, 0.05) is 12.4 Å². The van der Waals surface area contributed by atoms with E-state index in [4.69, 9.17) is 11.6 Å². The van der Waals surface area contributed by atoms with Crippen molar-refractivity contribution in [1.82, 2.24) is 24.5 Å². The number of hydrogen-bond acceptors (Lipinski definition) is 7. The predicted molar refractivity (Wildman–Crippen MR) is 109 cm³/mol. The van der Waals surface area contributed by atoms with Gasteiger partial charge >= 0.3 is 0 Å². The molecule has 0 aliphatic rings. The van der Waals surface area contributed by atoms with Gasteiger partial charge in [0.15, 0.2) is 16.8 Å². The number of halogens is 1. The normalized spacial score (nSPS) is 10.6. The van der Waals surface area contributed by atoms with Crippen molar-refractivity contribution in [2.45, 2.75) is 6.92 Å². The molecule has 0 saturated carbocycles. The quantitative estimate of drug-likeness (QED) is 0.513. The zero-order valence-electron chi connectivity index (χ0n) is 14.6. The van der Waals surface area contributed by atoms with E-state index in [1.54, 1.807) is 41.7 Å². The SMILES string of the molecule is Cc1cccc(Cl)c1NC(=O)c1cnc(Nc2cncc(-n3ccnc3)n2)s1. The van der Waals surface area contributed by atoms with Crippen LogP contribution in [0.3, 0.4) is 0 Å². The van der Waals surface area contributed by atoms with Crippen molar-refractivity contribution in [2.75, 3.05) is 10.6 Å². The first kappa shape index (κ1) is 18.1. The molecule has 2 N–H and O–H groups in total. The zero-order chi connectivity index (χ0) is 19.5. The molecule has 1 amide bonds. The van der Waals surface area contributed by atoms with Crippen LogP contribution < -0.4 is 10.6 Å². The molecule has 0 radical (unpaired) electrons. The van der Waals surface area contributed by atoms with Crippen molar-refractivity contribution >= 4 is 45.5 Å². The summed E-state index contributed by atoms with van der Waals surface area (Å²) in [5, 5.41) is 6.91. The first-order chi connectivity index (χ1) is 13.6. The molecule has 4 rings (SSSR count). The Kier molecular flexibility index (Phi) is 5.00. The summed E-state index contributed by atoms with van der Waals surface area (Å²) < 4.78 is 1.74. The number of thiazole rings is 1. The van der Waals surface area contributed by atoms with E-state index >= 15 is 0 Å². The van der Waals surface area contributed by atoms with Crippen LogP contribution in [-0.2, 0) is 0 Å². The van der Waals surface area contributed by atoms with Crippen LogP contribution >= 0.6 is 22.9 Å². The van der Waals surface area contributed by atoms with Crippen molar-refractivity contribution in [1.29, 1.82) is 0 Å². The van der Waals surface area contributed by atoms with Crippen LogP contribution in [0, 0.1) is 6.92 Å². The lowest BCUT2D eigenvalue weighted by Gasteiger charge is -2.08. The van der Waals surface area contributed by atoms with Crippen LogP contribution in [0.4, 0.5) is 16.6 Å². The molecule has 10 heteroatoms. The molecule has 1 aromatic carbocycles. The van der Waals surface area contributed by atoms with Crippen molar-refractivity contribution in [3.8, 4) is 5.82 Å². The van der Waals surface area contributed by atoms with Crippen LogP contribution in [0.2, 0.25) is 5.02 Å². The van der Waals surface area contributed by atoms with Gasteiger partial charge in [-0.2, -0.15) is 0 Å². The lowest BCUT2D eigenvalue weighted by atomic mass is 10.2. The highest BCUT2D eigenvalue weighted by molar-refractivity contribution is 7.17. The maximum Gasteiger partial charge on any atom is 0.267 e. The van der Waals surface area contributed by atoms with Crippen molar-refractivity contribution < 1.29 is 4.79 Å². The smallest absolute Gasteiger partial charge is 0.267 e. The second-order valence-corrected chi connectivity index (χ2v) is 7.21. The van der Waals surface area contributed by atoms with E-state index in [0.717, 1.165) is 5.56 Å². The molecule has 28 heavy (non-hydrogen) atoms. The van der Waals surface area contributed by atoms with Gasteiger partial charge in [-0.25, -0.2) is 15.0 Å². The zero-order valence-corrected chi connectivity index (χ0v) is 16.2. The number of nitrogens with zero attached hydrogens (tertiary/aromatic N) is 5. The number of imidazole rings is 1. The van der Waals surface area contributed by atoms with Gasteiger partial charge in [0.2, 0.25) is 0 Å². The van der Waals surface area contributed by atoms with E-state index in [9.17, 15) is 4.79 Å². The average molecular weight is 412 g/mol. The lowest BCUT2D eigenvalue weighted by molar-refractivity contribution is 0.103. The van der Waals surface area contributed by atoms with Gasteiger partial charge in [-0.3, -0.25) is 14.3 Å². The highest BCUT2D eigenvalue weighted by Gasteiger charge is 2.14. The molecule has 0 unspecified atom stereocenters. The standard InChI is InChI=1S/C18H14ClN7OS/c1-11-3-2-4-12(19)16(11)25-17(27)13-7-22-18(28-13)24-14-8-21-9-15(23-14)26-6-5-20-10-26/h2-10H,1H3,(H,25,27)(H,22,23,24). The topological polar surface area (TPSA) is 97.6 Å². The van der Waals surface area contributed by atoms with Crippen LogP contribution in [-0.4, -0.2) is 30.4 Å². The average Bonchev–Trinajstić information content (AvgIpc) is 3.37. The van der Waals surface area contributed by atoms with Crippen molar-refractivity contribution in [2.24, 2.45) is 0 Å². The number of carbonyl (C=O) groups excluding carboxylic acids is 1. The number of hydrogen-bond donors (Lipinski definition) is 2. The third-order valence-electron chi connectivity index (χ3n) is 3.82. The van der Waals surface area contributed by atoms with E-state index in [-0.39, 0.29) is 5.91 Å². The number of aryl methyl sites for hydroxylation is 1. The molecular weight excluding hydrogens is 398 g/mol. The van der Waals surface area contributed by atoms with E-state index in [0.29, 0.717) is 32.4 Å². The third kappa shape index (κ3) is 3.85. The Bertz CT molecular complexity index is 1110. The summed E-state index contributed by atoms with van der Waals surface area (Å²) >= 11 is 7.38. The number of nitrogens with one attached hydrogen (secondary N) is 2. The van der Waals surface area contributed by atoms with Gasteiger partial charge in [0.05, 0.1) is 29.3 Å². The number of benzene rings is 1. The molecule has 8 nitrogen and oxygen atoms in total. The minimum Gasteiger partial charge on any atom is -0.320 e. The second-order valence-electron chi connectivity index (χ2n) is 5.77. The summed E-state index contributed by atoms with van der Waals surface area (Å²) in [5.74, 6) is 0.848. The Hall–Kier alpha value is -3.30. The summed E-state index contributed by atoms with van der Waals surface area (Å²) in [4.78, 5) is 29.8. The van der Waals surface area contributed by atoms with E-state index in [1.807, 2.05) is 19.1 Å². The molecule has 3 heterocycles. The molecule has 0 spiro atoms. The van der Waals surface area contributed by atoms with Crippen LogP contribution in [0.15, 0.2) is 55.5 Å². The Morgan fingerprint density at radius 3 is 2.89 bits per heavy atom. The second kappa shape index (κ2) is 7.75. The monoisotopic (exact) mass is 411 g/mol. The minimum atomic E-state index is -0.278. The number of rotatable bonds is 5. The van der Waals surface area contributed by atoms with Crippen LogP contribution in [0.25, 0.3) is 5.82 Å². The fourth-order valence-electron chi connectivity index (χ4n) is 2.45. The fourth-order valence-corrected chi connectivity index (χ4v) is 3.43. The van der Waals surface area contributed by atoms with Gasteiger partial charge in [-0.1, -0.05) is 35.1 Å². The summed E-state index contributed by atoms with van der Waals surface area (Å²) in [5.41, 5.74) is 1.48. The number of carbonyl (C=O) groups is 1. The Labute approximate surface area is 169 Å².